The highest BCUT2D eigenvalue weighted by Gasteiger charge is 2.18. The highest BCUT2D eigenvalue weighted by Crippen LogP contribution is 2.21. The van der Waals surface area contributed by atoms with Gasteiger partial charge in [0.05, 0.1) is 13.2 Å². The second-order valence-corrected chi connectivity index (χ2v) is 8.00. The molecule has 1 fully saturated rings. The third-order valence-electron chi connectivity index (χ3n) is 5.65. The van der Waals surface area contributed by atoms with Crippen molar-refractivity contribution in [3.63, 3.8) is 0 Å². The summed E-state index contributed by atoms with van der Waals surface area (Å²) in [5.41, 5.74) is 9.35. The average Bonchev–Trinajstić information content (AvgIpc) is 3.31. The summed E-state index contributed by atoms with van der Waals surface area (Å²) < 4.78 is 8.81. The molecule has 1 aliphatic rings. The minimum Gasteiger partial charge on any atom is -0.463 e. The molecule has 4 rings (SSSR count). The zero-order valence-electron chi connectivity index (χ0n) is 17.8. The maximum absolute atomic E-state index is 12.9. The van der Waals surface area contributed by atoms with E-state index in [2.05, 4.69) is 40.0 Å². The van der Waals surface area contributed by atoms with Gasteiger partial charge in [0.2, 0.25) is 0 Å². The number of likely N-dealkylation sites (tertiary alicyclic amines) is 1. The Bertz CT molecular complexity index is 1080. The number of nitrogens with two attached hydrogens (primary N) is 1. The van der Waals surface area contributed by atoms with E-state index >= 15 is 0 Å². The molecule has 0 unspecified atom stereocenters. The van der Waals surface area contributed by atoms with Crippen LogP contribution in [-0.2, 0) is 20.1 Å². The van der Waals surface area contributed by atoms with E-state index in [9.17, 15) is 4.79 Å². The number of fused-ring (bicyclic) bond motifs is 1. The van der Waals surface area contributed by atoms with Crippen LogP contribution in [0.4, 0.5) is 5.82 Å². The number of rotatable bonds is 8. The van der Waals surface area contributed by atoms with Crippen LogP contribution < -0.4 is 16.2 Å². The standard InChI is InChI=1S/C22H30N6O2/c1-3-4-12-30-21-24-19(23)18-20(25-21)28(22(29)26(18)2)15-17-9-7-8-16(13-17)14-27-10-5-6-11-27/h7-9,13H,3-6,10-12,14-15H2,1-2H3,(H2,23,24,25). The van der Waals surface area contributed by atoms with Gasteiger partial charge >= 0.3 is 11.7 Å². The molecular formula is C22H30N6O2. The Labute approximate surface area is 176 Å². The Morgan fingerprint density at radius 1 is 1.13 bits per heavy atom. The lowest BCUT2D eigenvalue weighted by molar-refractivity contribution is 0.286. The van der Waals surface area contributed by atoms with Gasteiger partial charge in [-0.15, -0.1) is 0 Å². The summed E-state index contributed by atoms with van der Waals surface area (Å²) in [4.78, 5) is 24.1. The minimum atomic E-state index is -0.165. The number of aromatic nitrogens is 4. The molecule has 0 bridgehead atoms. The highest BCUT2D eigenvalue weighted by atomic mass is 16.5. The van der Waals surface area contributed by atoms with E-state index in [1.165, 1.54) is 23.0 Å². The van der Waals surface area contributed by atoms with Gasteiger partial charge in [0, 0.05) is 13.6 Å². The number of hydrogen-bond acceptors (Lipinski definition) is 6. The third kappa shape index (κ3) is 4.18. The molecule has 8 heteroatoms. The van der Waals surface area contributed by atoms with E-state index in [-0.39, 0.29) is 17.5 Å². The first-order chi connectivity index (χ1) is 14.6. The maximum atomic E-state index is 12.9. The lowest BCUT2D eigenvalue weighted by Crippen LogP contribution is -2.23. The van der Waals surface area contributed by atoms with Gasteiger partial charge in [-0.25, -0.2) is 4.79 Å². The number of hydrogen-bond donors (Lipinski definition) is 1. The molecule has 0 radical (unpaired) electrons. The van der Waals surface area contributed by atoms with Gasteiger partial charge in [-0.2, -0.15) is 9.97 Å². The predicted molar refractivity (Wildman–Crippen MR) is 118 cm³/mol. The van der Waals surface area contributed by atoms with Crippen LogP contribution in [0.3, 0.4) is 0 Å². The quantitative estimate of drug-likeness (QED) is 0.574. The molecule has 0 atom stereocenters. The van der Waals surface area contributed by atoms with Gasteiger partial charge in [-0.3, -0.25) is 14.0 Å². The van der Waals surface area contributed by atoms with Crippen LogP contribution in [0.25, 0.3) is 11.2 Å². The van der Waals surface area contributed by atoms with Crippen molar-refractivity contribution in [2.24, 2.45) is 7.05 Å². The number of aryl methyl sites for hydroxylation is 1. The van der Waals surface area contributed by atoms with E-state index in [1.54, 1.807) is 11.6 Å². The fourth-order valence-corrected chi connectivity index (χ4v) is 4.04. The molecule has 0 aliphatic carbocycles. The summed E-state index contributed by atoms with van der Waals surface area (Å²) in [5.74, 6) is 0.257. The van der Waals surface area contributed by atoms with Gasteiger partial charge in [-0.1, -0.05) is 37.6 Å². The van der Waals surface area contributed by atoms with Gasteiger partial charge < -0.3 is 10.5 Å². The largest absolute Gasteiger partial charge is 0.463 e. The number of ether oxygens (including phenoxy) is 1. The van der Waals surface area contributed by atoms with Gasteiger partial charge in [0.25, 0.3) is 0 Å². The Morgan fingerprint density at radius 3 is 2.60 bits per heavy atom. The van der Waals surface area contributed by atoms with Crippen LogP contribution in [0.5, 0.6) is 6.01 Å². The predicted octanol–water partition coefficient (Wildman–Crippen LogP) is 2.54. The number of nitrogens with zero attached hydrogens (tertiary/aromatic N) is 5. The Kier molecular flexibility index (Phi) is 6.03. The molecule has 2 N–H and O–H groups in total. The van der Waals surface area contributed by atoms with E-state index in [0.717, 1.165) is 38.0 Å². The molecule has 1 saturated heterocycles. The zero-order valence-corrected chi connectivity index (χ0v) is 17.8. The molecule has 1 aliphatic heterocycles. The first kappa shape index (κ1) is 20.4. The number of benzene rings is 1. The molecule has 2 aromatic heterocycles. The van der Waals surface area contributed by atoms with Crippen molar-refractivity contribution in [3.05, 3.63) is 45.9 Å². The maximum Gasteiger partial charge on any atom is 0.330 e. The summed E-state index contributed by atoms with van der Waals surface area (Å²) in [6.07, 6.45) is 4.47. The molecular weight excluding hydrogens is 380 g/mol. The summed E-state index contributed by atoms with van der Waals surface area (Å²) in [5, 5.41) is 0. The van der Waals surface area contributed by atoms with Crippen molar-refractivity contribution in [1.29, 1.82) is 0 Å². The van der Waals surface area contributed by atoms with Crippen LogP contribution in [0.15, 0.2) is 29.1 Å². The lowest BCUT2D eigenvalue weighted by atomic mass is 10.1. The monoisotopic (exact) mass is 410 g/mol. The minimum absolute atomic E-state index is 0.165. The molecule has 160 valence electrons. The van der Waals surface area contributed by atoms with Crippen molar-refractivity contribution < 1.29 is 4.74 Å². The zero-order chi connectivity index (χ0) is 21.1. The van der Waals surface area contributed by atoms with Gasteiger partial charge in [0.15, 0.2) is 11.5 Å². The number of unbranched alkanes of at least 4 members (excludes halogenated alkanes) is 1. The highest BCUT2D eigenvalue weighted by molar-refractivity contribution is 5.82. The number of anilines is 1. The number of nitrogen functional groups attached to an aromatic ring is 1. The van der Waals surface area contributed by atoms with Crippen molar-refractivity contribution in [2.75, 3.05) is 25.4 Å². The first-order valence-electron chi connectivity index (χ1n) is 10.7. The van der Waals surface area contributed by atoms with Crippen molar-refractivity contribution in [3.8, 4) is 6.01 Å². The smallest absolute Gasteiger partial charge is 0.330 e. The average molecular weight is 411 g/mol. The van der Waals surface area contributed by atoms with E-state index < -0.39 is 0 Å². The summed E-state index contributed by atoms with van der Waals surface area (Å²) in [7, 11) is 1.70. The van der Waals surface area contributed by atoms with Crippen LogP contribution in [0.2, 0.25) is 0 Å². The Morgan fingerprint density at radius 2 is 1.87 bits per heavy atom. The van der Waals surface area contributed by atoms with Crippen LogP contribution in [0, 0.1) is 0 Å². The van der Waals surface area contributed by atoms with E-state index in [4.69, 9.17) is 10.5 Å². The van der Waals surface area contributed by atoms with Crippen molar-refractivity contribution in [2.45, 2.75) is 45.7 Å². The summed E-state index contributed by atoms with van der Waals surface area (Å²) >= 11 is 0. The van der Waals surface area contributed by atoms with Crippen LogP contribution >= 0.6 is 0 Å². The molecule has 0 amide bonds. The normalized spacial score (nSPS) is 14.6. The molecule has 3 aromatic rings. The Balaban J connectivity index is 1.65. The van der Waals surface area contributed by atoms with Crippen molar-refractivity contribution in [1.82, 2.24) is 24.0 Å². The molecule has 3 heterocycles. The van der Waals surface area contributed by atoms with Crippen LogP contribution in [-0.4, -0.2) is 43.7 Å². The van der Waals surface area contributed by atoms with E-state index in [0.29, 0.717) is 24.3 Å². The SMILES string of the molecule is CCCCOc1nc(N)c2c(n1)n(Cc1cccc(CN3CCCC3)c1)c(=O)n2C. The molecule has 0 spiro atoms. The first-order valence-corrected chi connectivity index (χ1v) is 10.7. The van der Waals surface area contributed by atoms with Gasteiger partial charge in [0.1, 0.15) is 5.52 Å². The topological polar surface area (TPSA) is 91.2 Å². The molecule has 8 nitrogen and oxygen atoms in total. The van der Waals surface area contributed by atoms with Gasteiger partial charge in [-0.05, 0) is 43.5 Å². The van der Waals surface area contributed by atoms with Crippen molar-refractivity contribution >= 4 is 17.0 Å². The second-order valence-electron chi connectivity index (χ2n) is 8.00. The molecule has 0 saturated carbocycles. The fourth-order valence-electron chi connectivity index (χ4n) is 4.04. The summed E-state index contributed by atoms with van der Waals surface area (Å²) in [6, 6.07) is 8.64. The fraction of sp³-hybridized carbons (Fsp3) is 0.500. The second kappa shape index (κ2) is 8.87. The Hall–Kier alpha value is -2.87. The van der Waals surface area contributed by atoms with E-state index in [1.807, 2.05) is 6.07 Å². The number of imidazole rings is 1. The molecule has 1 aromatic carbocycles. The van der Waals surface area contributed by atoms with Crippen LogP contribution in [0.1, 0.15) is 43.7 Å². The summed E-state index contributed by atoms with van der Waals surface area (Å²) in [6.45, 7) is 6.30. The molecule has 30 heavy (non-hydrogen) atoms. The lowest BCUT2D eigenvalue weighted by Gasteiger charge is -2.15. The third-order valence-corrected chi connectivity index (χ3v) is 5.65.